The highest BCUT2D eigenvalue weighted by Crippen LogP contribution is 2.39. The molecule has 1 aliphatic heterocycles. The van der Waals surface area contributed by atoms with Crippen LogP contribution in [0.25, 0.3) is 0 Å². The van der Waals surface area contributed by atoms with Gasteiger partial charge in [-0.05, 0) is 30.5 Å². The van der Waals surface area contributed by atoms with E-state index >= 15 is 0 Å². The Bertz CT molecular complexity index is 536. The minimum atomic E-state index is 0.0647. The average Bonchev–Trinajstić information content (AvgIpc) is 2.47. The molecule has 0 saturated carbocycles. The second-order valence-electron chi connectivity index (χ2n) is 5.69. The predicted octanol–water partition coefficient (Wildman–Crippen LogP) is 3.51. The van der Waals surface area contributed by atoms with E-state index in [1.807, 2.05) is 19.1 Å². The molecule has 1 aromatic rings. The summed E-state index contributed by atoms with van der Waals surface area (Å²) in [5.41, 5.74) is 1.03. The Labute approximate surface area is 140 Å². The maximum atomic E-state index is 11.8. The molecular weight excluding hydrogens is 322 g/mol. The first-order chi connectivity index (χ1) is 10.5. The quantitative estimate of drug-likeness (QED) is 0.858. The molecule has 0 aliphatic carbocycles. The number of benzene rings is 1. The van der Waals surface area contributed by atoms with Gasteiger partial charge in [-0.3, -0.25) is 4.79 Å². The number of hydrogen-bond donors (Lipinski definition) is 1. The van der Waals surface area contributed by atoms with E-state index in [9.17, 15) is 4.79 Å². The molecule has 122 valence electrons. The van der Waals surface area contributed by atoms with Crippen molar-refractivity contribution in [2.24, 2.45) is 5.92 Å². The zero-order valence-electron chi connectivity index (χ0n) is 13.1. The van der Waals surface area contributed by atoms with Crippen molar-refractivity contribution in [2.45, 2.75) is 32.6 Å². The van der Waals surface area contributed by atoms with Crippen molar-refractivity contribution in [3.63, 3.8) is 0 Å². The highest BCUT2D eigenvalue weighted by Gasteiger charge is 2.17. The SMILES string of the molecule is CC(C)[C@H](C)NC(=O)CSCc1cc(Cl)c2c(c1)OCCO2. The van der Waals surface area contributed by atoms with Crippen LogP contribution in [0.2, 0.25) is 5.02 Å². The Balaban J connectivity index is 1.85. The van der Waals surface area contributed by atoms with Gasteiger partial charge in [0.2, 0.25) is 5.91 Å². The molecule has 1 aliphatic rings. The van der Waals surface area contributed by atoms with E-state index in [0.717, 1.165) is 5.56 Å². The van der Waals surface area contributed by atoms with Crippen LogP contribution in [0.5, 0.6) is 11.5 Å². The van der Waals surface area contributed by atoms with Gasteiger partial charge >= 0.3 is 0 Å². The lowest BCUT2D eigenvalue weighted by Gasteiger charge is -2.20. The normalized spacial score (nSPS) is 14.8. The minimum Gasteiger partial charge on any atom is -0.486 e. The first kappa shape index (κ1) is 17.3. The molecule has 22 heavy (non-hydrogen) atoms. The van der Waals surface area contributed by atoms with Gasteiger partial charge in [0.05, 0.1) is 10.8 Å². The summed E-state index contributed by atoms with van der Waals surface area (Å²) >= 11 is 7.76. The molecule has 0 spiro atoms. The molecule has 6 heteroatoms. The van der Waals surface area contributed by atoms with Gasteiger partial charge in [-0.15, -0.1) is 11.8 Å². The topological polar surface area (TPSA) is 47.6 Å². The van der Waals surface area contributed by atoms with Crippen LogP contribution >= 0.6 is 23.4 Å². The molecule has 2 rings (SSSR count). The summed E-state index contributed by atoms with van der Waals surface area (Å²) in [4.78, 5) is 11.8. The van der Waals surface area contributed by atoms with Crippen LogP contribution in [0.1, 0.15) is 26.3 Å². The van der Waals surface area contributed by atoms with Crippen LogP contribution in [0, 0.1) is 5.92 Å². The molecule has 0 radical (unpaired) electrons. The standard InChI is InChI=1S/C16H22ClNO3S/c1-10(2)11(3)18-15(19)9-22-8-12-6-13(17)16-14(7-12)20-4-5-21-16/h6-7,10-11H,4-5,8-9H2,1-3H3,(H,18,19)/t11-/m0/s1. The van der Waals surface area contributed by atoms with Crippen molar-refractivity contribution in [1.82, 2.24) is 5.32 Å². The third-order valence-corrected chi connectivity index (χ3v) is 4.83. The van der Waals surface area contributed by atoms with Crippen molar-refractivity contribution in [3.8, 4) is 11.5 Å². The number of amides is 1. The Morgan fingerprint density at radius 1 is 1.32 bits per heavy atom. The number of ether oxygens (including phenoxy) is 2. The largest absolute Gasteiger partial charge is 0.486 e. The fourth-order valence-electron chi connectivity index (χ4n) is 1.97. The highest BCUT2D eigenvalue weighted by atomic mass is 35.5. The van der Waals surface area contributed by atoms with Crippen molar-refractivity contribution < 1.29 is 14.3 Å². The van der Waals surface area contributed by atoms with E-state index < -0.39 is 0 Å². The lowest BCUT2D eigenvalue weighted by Crippen LogP contribution is -2.37. The smallest absolute Gasteiger partial charge is 0.230 e. The molecule has 1 aromatic carbocycles. The van der Waals surface area contributed by atoms with Crippen LogP contribution in [-0.4, -0.2) is 30.9 Å². The van der Waals surface area contributed by atoms with Crippen LogP contribution in [0.3, 0.4) is 0 Å². The van der Waals surface area contributed by atoms with Crippen molar-refractivity contribution in [2.75, 3.05) is 19.0 Å². The van der Waals surface area contributed by atoms with Crippen molar-refractivity contribution in [3.05, 3.63) is 22.7 Å². The summed E-state index contributed by atoms with van der Waals surface area (Å²) in [5.74, 6) is 2.95. The lowest BCUT2D eigenvalue weighted by molar-refractivity contribution is -0.119. The number of halogens is 1. The molecular formula is C16H22ClNO3S. The second-order valence-corrected chi connectivity index (χ2v) is 7.09. The summed E-state index contributed by atoms with van der Waals surface area (Å²) in [6.07, 6.45) is 0. The Morgan fingerprint density at radius 3 is 2.77 bits per heavy atom. The van der Waals surface area contributed by atoms with E-state index in [2.05, 4.69) is 19.2 Å². The first-order valence-electron chi connectivity index (χ1n) is 7.42. The number of hydrogen-bond acceptors (Lipinski definition) is 4. The third kappa shape index (κ3) is 4.71. The van der Waals surface area contributed by atoms with E-state index in [1.54, 1.807) is 11.8 Å². The van der Waals surface area contributed by atoms with Gasteiger partial charge in [-0.1, -0.05) is 25.4 Å². The fraction of sp³-hybridized carbons (Fsp3) is 0.562. The van der Waals surface area contributed by atoms with Crippen LogP contribution in [0.4, 0.5) is 0 Å². The van der Waals surface area contributed by atoms with Crippen LogP contribution in [0.15, 0.2) is 12.1 Å². The summed E-state index contributed by atoms with van der Waals surface area (Å²) in [5, 5.41) is 3.56. The van der Waals surface area contributed by atoms with E-state index in [4.69, 9.17) is 21.1 Å². The molecule has 1 amide bonds. The van der Waals surface area contributed by atoms with Gasteiger partial charge in [0.1, 0.15) is 13.2 Å². The predicted molar refractivity (Wildman–Crippen MR) is 91.0 cm³/mol. The molecule has 0 fully saturated rings. The van der Waals surface area contributed by atoms with Crippen molar-refractivity contribution in [1.29, 1.82) is 0 Å². The molecule has 1 atom stereocenters. The van der Waals surface area contributed by atoms with E-state index in [0.29, 0.717) is 47.2 Å². The molecule has 0 bridgehead atoms. The molecule has 0 unspecified atom stereocenters. The van der Waals surface area contributed by atoms with Gasteiger partial charge in [0.15, 0.2) is 11.5 Å². The van der Waals surface area contributed by atoms with E-state index in [-0.39, 0.29) is 11.9 Å². The van der Waals surface area contributed by atoms with Crippen molar-refractivity contribution >= 4 is 29.3 Å². The summed E-state index contributed by atoms with van der Waals surface area (Å²) < 4.78 is 11.0. The molecule has 0 aromatic heterocycles. The molecule has 1 heterocycles. The number of carbonyl (C=O) groups is 1. The number of nitrogens with one attached hydrogen (secondary N) is 1. The molecule has 4 nitrogen and oxygen atoms in total. The third-order valence-electron chi connectivity index (χ3n) is 3.55. The fourth-order valence-corrected chi connectivity index (χ4v) is 3.03. The average molecular weight is 344 g/mol. The van der Waals surface area contributed by atoms with E-state index in [1.165, 1.54) is 0 Å². The second kappa shape index (κ2) is 7.97. The maximum Gasteiger partial charge on any atom is 0.230 e. The zero-order valence-corrected chi connectivity index (χ0v) is 14.7. The monoisotopic (exact) mass is 343 g/mol. The summed E-state index contributed by atoms with van der Waals surface area (Å²) in [6, 6.07) is 4.00. The molecule has 1 N–H and O–H groups in total. The maximum absolute atomic E-state index is 11.8. The number of carbonyl (C=O) groups excluding carboxylic acids is 1. The Kier molecular flexibility index (Phi) is 6.26. The Hall–Kier alpha value is -1.07. The minimum absolute atomic E-state index is 0.0647. The number of fused-ring (bicyclic) bond motifs is 1. The van der Waals surface area contributed by atoms with Crippen LogP contribution in [-0.2, 0) is 10.5 Å². The summed E-state index contributed by atoms with van der Waals surface area (Å²) in [7, 11) is 0. The highest BCUT2D eigenvalue weighted by molar-refractivity contribution is 7.99. The van der Waals surface area contributed by atoms with Gasteiger partial charge in [-0.2, -0.15) is 0 Å². The summed E-state index contributed by atoms with van der Waals surface area (Å²) in [6.45, 7) is 7.27. The van der Waals surface area contributed by atoms with Gasteiger partial charge in [-0.25, -0.2) is 0 Å². The number of rotatable bonds is 6. The molecule has 0 saturated heterocycles. The zero-order chi connectivity index (χ0) is 16.1. The number of thioether (sulfide) groups is 1. The van der Waals surface area contributed by atoms with Gasteiger partial charge < -0.3 is 14.8 Å². The Morgan fingerprint density at radius 2 is 2.05 bits per heavy atom. The first-order valence-corrected chi connectivity index (χ1v) is 8.95. The van der Waals surface area contributed by atoms with Gasteiger partial charge in [0, 0.05) is 11.8 Å². The van der Waals surface area contributed by atoms with Gasteiger partial charge in [0.25, 0.3) is 0 Å². The lowest BCUT2D eigenvalue weighted by atomic mass is 10.1. The van der Waals surface area contributed by atoms with Crippen LogP contribution < -0.4 is 14.8 Å².